The zero-order valence-electron chi connectivity index (χ0n) is 19.0. The minimum Gasteiger partial charge on any atom is -0.507 e. The highest BCUT2D eigenvalue weighted by atomic mass is 32.1. The van der Waals surface area contributed by atoms with Crippen molar-refractivity contribution in [2.24, 2.45) is 0 Å². The van der Waals surface area contributed by atoms with Gasteiger partial charge in [0.1, 0.15) is 11.4 Å². The third kappa shape index (κ3) is 4.04. The fourth-order valence-corrected chi connectivity index (χ4v) is 4.88. The lowest BCUT2D eigenvalue weighted by Crippen LogP contribution is -2.11. The standard InChI is InChI=1S/C30H20N2O3S/c33-26-17-21(24-12-6-10-19-7-4-5-11-23(19)24)13-14-25(26)29-31-27(22-15-16-36-18-22)30(35-29)32-28(34)20-8-2-1-3-9-20/h1-18,33H,(H,32,34). The molecule has 0 radical (unpaired) electrons. The van der Waals surface area contributed by atoms with E-state index in [4.69, 9.17) is 4.42 Å². The molecule has 174 valence electrons. The molecule has 0 atom stereocenters. The number of carbonyl (C=O) groups excluding carboxylic acids is 1. The molecule has 6 heteroatoms. The molecule has 36 heavy (non-hydrogen) atoms. The number of carbonyl (C=O) groups is 1. The van der Waals surface area contributed by atoms with Gasteiger partial charge in [-0.05, 0) is 57.6 Å². The molecule has 2 N–H and O–H groups in total. The second kappa shape index (κ2) is 9.17. The molecule has 0 aliphatic carbocycles. The molecule has 0 aliphatic rings. The second-order valence-electron chi connectivity index (χ2n) is 8.29. The molecular formula is C30H20N2O3S. The van der Waals surface area contributed by atoms with Crippen molar-refractivity contribution < 1.29 is 14.3 Å². The average molecular weight is 489 g/mol. The first-order chi connectivity index (χ1) is 17.7. The molecule has 1 amide bonds. The molecule has 0 unspecified atom stereocenters. The van der Waals surface area contributed by atoms with Gasteiger partial charge in [0.05, 0.1) is 5.56 Å². The first-order valence-electron chi connectivity index (χ1n) is 11.4. The van der Waals surface area contributed by atoms with Gasteiger partial charge in [-0.25, -0.2) is 4.98 Å². The molecule has 0 saturated heterocycles. The Labute approximate surface area is 211 Å². The number of amides is 1. The lowest BCUT2D eigenvalue weighted by molar-refractivity contribution is 0.102. The predicted octanol–water partition coefficient (Wildman–Crippen LogP) is 7.85. The summed E-state index contributed by atoms with van der Waals surface area (Å²) in [5.41, 5.74) is 4.19. The van der Waals surface area contributed by atoms with E-state index in [0.717, 1.165) is 27.5 Å². The first kappa shape index (κ1) is 21.8. The Morgan fingerprint density at radius 2 is 1.64 bits per heavy atom. The average Bonchev–Trinajstić information content (AvgIpc) is 3.59. The second-order valence-corrected chi connectivity index (χ2v) is 9.07. The van der Waals surface area contributed by atoms with Crippen molar-refractivity contribution in [3.63, 3.8) is 0 Å². The fraction of sp³-hybridized carbons (Fsp3) is 0. The van der Waals surface area contributed by atoms with Crippen LogP contribution in [0.3, 0.4) is 0 Å². The summed E-state index contributed by atoms with van der Waals surface area (Å²) in [5.74, 6) is 0.195. The van der Waals surface area contributed by atoms with Crippen molar-refractivity contribution in [1.82, 2.24) is 4.98 Å². The van der Waals surface area contributed by atoms with Crippen LogP contribution in [0, 0.1) is 0 Å². The van der Waals surface area contributed by atoms with E-state index in [2.05, 4.69) is 28.5 Å². The molecule has 6 aromatic rings. The van der Waals surface area contributed by atoms with Crippen LogP contribution in [0.1, 0.15) is 10.4 Å². The summed E-state index contributed by atoms with van der Waals surface area (Å²) >= 11 is 1.52. The Balaban J connectivity index is 1.39. The Bertz CT molecular complexity index is 1680. The predicted molar refractivity (Wildman–Crippen MR) is 144 cm³/mol. The minimum absolute atomic E-state index is 0.0412. The maximum atomic E-state index is 12.8. The number of phenols is 1. The number of nitrogens with zero attached hydrogens (tertiary/aromatic N) is 1. The van der Waals surface area contributed by atoms with Crippen molar-refractivity contribution in [3.8, 4) is 39.6 Å². The molecule has 0 bridgehead atoms. The van der Waals surface area contributed by atoms with E-state index in [1.165, 1.54) is 11.3 Å². The van der Waals surface area contributed by atoms with Gasteiger partial charge in [-0.2, -0.15) is 11.3 Å². The summed E-state index contributed by atoms with van der Waals surface area (Å²) in [6.07, 6.45) is 0. The van der Waals surface area contributed by atoms with E-state index in [-0.39, 0.29) is 23.4 Å². The van der Waals surface area contributed by atoms with Crippen molar-refractivity contribution in [1.29, 1.82) is 0 Å². The molecule has 6 rings (SSSR count). The monoisotopic (exact) mass is 488 g/mol. The van der Waals surface area contributed by atoms with Crippen molar-refractivity contribution in [3.05, 3.63) is 113 Å². The third-order valence-electron chi connectivity index (χ3n) is 6.01. The molecule has 5 nitrogen and oxygen atoms in total. The lowest BCUT2D eigenvalue weighted by Gasteiger charge is -2.09. The Hall–Kier alpha value is -4.68. The minimum atomic E-state index is -0.301. The molecule has 0 saturated carbocycles. The summed E-state index contributed by atoms with van der Waals surface area (Å²) in [6.45, 7) is 0. The zero-order chi connectivity index (χ0) is 24.5. The smallest absolute Gasteiger partial charge is 0.258 e. The van der Waals surface area contributed by atoms with Crippen LogP contribution < -0.4 is 5.32 Å². The highest BCUT2D eigenvalue weighted by Crippen LogP contribution is 2.39. The molecule has 0 aliphatic heterocycles. The normalized spacial score (nSPS) is 11.0. The van der Waals surface area contributed by atoms with Gasteiger partial charge in [0.15, 0.2) is 0 Å². The Morgan fingerprint density at radius 1 is 0.833 bits per heavy atom. The van der Waals surface area contributed by atoms with Gasteiger partial charge in [-0.3, -0.25) is 10.1 Å². The van der Waals surface area contributed by atoms with E-state index in [9.17, 15) is 9.90 Å². The van der Waals surface area contributed by atoms with Crippen LogP contribution in [0.5, 0.6) is 5.75 Å². The van der Waals surface area contributed by atoms with Gasteiger partial charge in [0.25, 0.3) is 5.91 Å². The molecule has 4 aromatic carbocycles. The molecular weight excluding hydrogens is 468 g/mol. The van der Waals surface area contributed by atoms with Crippen LogP contribution in [0.25, 0.3) is 44.6 Å². The Morgan fingerprint density at radius 3 is 2.44 bits per heavy atom. The van der Waals surface area contributed by atoms with E-state index in [1.54, 1.807) is 36.4 Å². The van der Waals surface area contributed by atoms with Gasteiger partial charge in [0.2, 0.25) is 11.8 Å². The molecule has 2 heterocycles. The maximum absolute atomic E-state index is 12.8. The van der Waals surface area contributed by atoms with E-state index in [0.29, 0.717) is 16.8 Å². The third-order valence-corrected chi connectivity index (χ3v) is 6.70. The highest BCUT2D eigenvalue weighted by molar-refractivity contribution is 7.08. The number of anilines is 1. The number of hydrogen-bond acceptors (Lipinski definition) is 5. The van der Waals surface area contributed by atoms with Gasteiger partial charge in [0, 0.05) is 16.5 Å². The van der Waals surface area contributed by atoms with Crippen molar-refractivity contribution >= 4 is 33.9 Å². The van der Waals surface area contributed by atoms with Gasteiger partial charge in [-0.15, -0.1) is 0 Å². The van der Waals surface area contributed by atoms with Crippen LogP contribution in [0.4, 0.5) is 5.88 Å². The zero-order valence-corrected chi connectivity index (χ0v) is 19.8. The quantitative estimate of drug-likeness (QED) is 0.259. The Kier molecular flexibility index (Phi) is 5.56. The summed E-state index contributed by atoms with van der Waals surface area (Å²) < 4.78 is 6.02. The van der Waals surface area contributed by atoms with E-state index in [1.807, 2.05) is 53.2 Å². The largest absolute Gasteiger partial charge is 0.507 e. The SMILES string of the molecule is O=C(Nc1oc(-c2ccc(-c3cccc4ccccc34)cc2O)nc1-c1ccsc1)c1ccccc1. The van der Waals surface area contributed by atoms with Crippen LogP contribution >= 0.6 is 11.3 Å². The number of benzene rings is 4. The summed E-state index contributed by atoms with van der Waals surface area (Å²) in [5, 5.41) is 19.9. The molecule has 0 spiro atoms. The first-order valence-corrected chi connectivity index (χ1v) is 12.3. The topological polar surface area (TPSA) is 75.4 Å². The lowest BCUT2D eigenvalue weighted by atomic mass is 9.97. The van der Waals surface area contributed by atoms with Crippen LogP contribution in [0.15, 0.2) is 112 Å². The van der Waals surface area contributed by atoms with Crippen LogP contribution in [0.2, 0.25) is 0 Å². The van der Waals surface area contributed by atoms with Gasteiger partial charge in [-0.1, -0.05) is 66.7 Å². The summed E-state index contributed by atoms with van der Waals surface area (Å²) in [7, 11) is 0. The number of oxazole rings is 1. The fourth-order valence-electron chi connectivity index (χ4n) is 4.24. The van der Waals surface area contributed by atoms with E-state index < -0.39 is 0 Å². The van der Waals surface area contributed by atoms with Crippen molar-refractivity contribution in [2.45, 2.75) is 0 Å². The summed E-state index contributed by atoms with van der Waals surface area (Å²) in [4.78, 5) is 17.5. The molecule has 0 fully saturated rings. The number of aromatic hydroxyl groups is 1. The number of phenolic OH excluding ortho intramolecular Hbond substituents is 1. The van der Waals surface area contributed by atoms with Crippen LogP contribution in [-0.2, 0) is 0 Å². The molecule has 2 aromatic heterocycles. The number of fused-ring (bicyclic) bond motifs is 1. The highest BCUT2D eigenvalue weighted by Gasteiger charge is 2.21. The number of aromatic nitrogens is 1. The van der Waals surface area contributed by atoms with E-state index >= 15 is 0 Å². The number of thiophene rings is 1. The van der Waals surface area contributed by atoms with Crippen LogP contribution in [-0.4, -0.2) is 16.0 Å². The van der Waals surface area contributed by atoms with Gasteiger partial charge >= 0.3 is 0 Å². The maximum Gasteiger partial charge on any atom is 0.258 e. The number of rotatable bonds is 5. The summed E-state index contributed by atoms with van der Waals surface area (Å²) in [6, 6.07) is 30.5. The van der Waals surface area contributed by atoms with Gasteiger partial charge < -0.3 is 9.52 Å². The number of nitrogens with one attached hydrogen (secondary N) is 1. The number of hydrogen-bond donors (Lipinski definition) is 2. The van der Waals surface area contributed by atoms with Crippen molar-refractivity contribution in [2.75, 3.05) is 5.32 Å².